The van der Waals surface area contributed by atoms with E-state index in [0.29, 0.717) is 24.6 Å². The van der Waals surface area contributed by atoms with Gasteiger partial charge in [0.15, 0.2) is 0 Å². The van der Waals surface area contributed by atoms with Gasteiger partial charge in [-0.2, -0.15) is 0 Å². The number of aryl methyl sites for hydroxylation is 1. The minimum absolute atomic E-state index is 0.0337. The number of hydrogen-bond donors (Lipinski definition) is 1. The Kier molecular flexibility index (Phi) is 5.98. The van der Waals surface area contributed by atoms with Crippen LogP contribution in [0.2, 0.25) is 0 Å². The zero-order valence-corrected chi connectivity index (χ0v) is 17.3. The van der Waals surface area contributed by atoms with E-state index < -0.39 is 0 Å². The Morgan fingerprint density at radius 3 is 2.86 bits per heavy atom. The number of carbonyl (C=O) groups is 1. The SMILES string of the molecule is Cc1csc(SCc2ccc(C(=O)NCC3COc4ccccc4C3)cc2)n1. The molecule has 4 rings (SSSR count). The van der Waals surface area contributed by atoms with Crippen molar-refractivity contribution in [3.8, 4) is 5.75 Å². The maximum Gasteiger partial charge on any atom is 0.251 e. The van der Waals surface area contributed by atoms with Crippen LogP contribution in [0.5, 0.6) is 5.75 Å². The summed E-state index contributed by atoms with van der Waals surface area (Å²) < 4.78 is 6.88. The third kappa shape index (κ3) is 4.75. The molecule has 0 saturated carbocycles. The summed E-state index contributed by atoms with van der Waals surface area (Å²) >= 11 is 3.40. The first-order valence-corrected chi connectivity index (χ1v) is 11.2. The number of nitrogens with zero attached hydrogens (tertiary/aromatic N) is 1. The molecule has 1 aromatic heterocycles. The molecule has 1 amide bonds. The monoisotopic (exact) mass is 410 g/mol. The standard InChI is InChI=1S/C22H22N2O2S2/c1-15-13-27-22(24-15)28-14-16-6-8-18(9-7-16)21(25)23-11-17-10-19-4-2-3-5-20(19)26-12-17/h2-9,13,17H,10-12,14H2,1H3,(H,23,25). The molecule has 28 heavy (non-hydrogen) atoms. The molecule has 0 bridgehead atoms. The highest BCUT2D eigenvalue weighted by atomic mass is 32.2. The van der Waals surface area contributed by atoms with Crippen LogP contribution in [0.15, 0.2) is 58.3 Å². The number of thioether (sulfide) groups is 1. The molecular formula is C22H22N2O2S2. The van der Waals surface area contributed by atoms with E-state index in [-0.39, 0.29) is 5.91 Å². The number of carbonyl (C=O) groups excluding carboxylic acids is 1. The van der Waals surface area contributed by atoms with Gasteiger partial charge in [0.05, 0.1) is 6.61 Å². The lowest BCUT2D eigenvalue weighted by Crippen LogP contribution is -2.34. The summed E-state index contributed by atoms with van der Waals surface area (Å²) in [4.78, 5) is 16.9. The second-order valence-electron chi connectivity index (χ2n) is 6.94. The molecule has 0 saturated heterocycles. The Hall–Kier alpha value is -2.31. The van der Waals surface area contributed by atoms with Gasteiger partial charge in [0.1, 0.15) is 10.1 Å². The minimum Gasteiger partial charge on any atom is -0.493 e. The van der Waals surface area contributed by atoms with Crippen molar-refractivity contribution in [2.45, 2.75) is 23.4 Å². The highest BCUT2D eigenvalue weighted by Gasteiger charge is 2.20. The summed E-state index contributed by atoms with van der Waals surface area (Å²) in [6.07, 6.45) is 0.933. The summed E-state index contributed by atoms with van der Waals surface area (Å²) in [6.45, 7) is 3.27. The third-order valence-corrected chi connectivity index (χ3v) is 6.89. The normalized spacial score (nSPS) is 15.5. The Morgan fingerprint density at radius 1 is 1.25 bits per heavy atom. The summed E-state index contributed by atoms with van der Waals surface area (Å²) in [5, 5.41) is 5.11. The van der Waals surface area contributed by atoms with E-state index in [1.54, 1.807) is 23.1 Å². The lowest BCUT2D eigenvalue weighted by Gasteiger charge is -2.25. The van der Waals surface area contributed by atoms with Crippen molar-refractivity contribution >= 4 is 29.0 Å². The summed E-state index contributed by atoms with van der Waals surface area (Å²) in [7, 11) is 0. The Labute approximate surface area is 173 Å². The van der Waals surface area contributed by atoms with Crippen molar-refractivity contribution < 1.29 is 9.53 Å². The summed E-state index contributed by atoms with van der Waals surface area (Å²) in [5.41, 5.74) is 4.15. The molecule has 144 valence electrons. The van der Waals surface area contributed by atoms with Crippen LogP contribution in [-0.4, -0.2) is 24.0 Å². The number of aromatic nitrogens is 1. The van der Waals surface area contributed by atoms with Gasteiger partial charge in [-0.3, -0.25) is 4.79 Å². The fraction of sp³-hybridized carbons (Fsp3) is 0.273. The van der Waals surface area contributed by atoms with Crippen LogP contribution in [0.4, 0.5) is 0 Å². The zero-order valence-electron chi connectivity index (χ0n) is 15.7. The third-order valence-electron chi connectivity index (χ3n) is 4.68. The number of amides is 1. The molecule has 1 aliphatic rings. The second kappa shape index (κ2) is 8.80. The predicted molar refractivity (Wildman–Crippen MR) is 114 cm³/mol. The van der Waals surface area contributed by atoms with Gasteiger partial charge in [-0.25, -0.2) is 4.98 Å². The first-order chi connectivity index (χ1) is 13.7. The fourth-order valence-electron chi connectivity index (χ4n) is 3.16. The van der Waals surface area contributed by atoms with Crippen molar-refractivity contribution in [1.29, 1.82) is 0 Å². The topological polar surface area (TPSA) is 51.2 Å². The first kappa shape index (κ1) is 19.0. The molecule has 1 aliphatic heterocycles. The molecule has 0 aliphatic carbocycles. The van der Waals surface area contributed by atoms with Crippen LogP contribution in [-0.2, 0) is 12.2 Å². The van der Waals surface area contributed by atoms with Crippen molar-refractivity contribution in [1.82, 2.24) is 10.3 Å². The summed E-state index contributed by atoms with van der Waals surface area (Å²) in [6, 6.07) is 15.9. The lowest BCUT2D eigenvalue weighted by molar-refractivity contribution is 0.0939. The van der Waals surface area contributed by atoms with E-state index in [1.165, 1.54) is 11.1 Å². The quantitative estimate of drug-likeness (QED) is 0.597. The number of hydrogen-bond acceptors (Lipinski definition) is 5. The van der Waals surface area contributed by atoms with Gasteiger partial charge < -0.3 is 10.1 Å². The Balaban J connectivity index is 1.27. The maximum absolute atomic E-state index is 12.5. The van der Waals surface area contributed by atoms with E-state index in [4.69, 9.17) is 4.74 Å². The van der Waals surface area contributed by atoms with Crippen molar-refractivity contribution in [3.63, 3.8) is 0 Å². The average Bonchev–Trinajstić information content (AvgIpc) is 3.16. The number of nitrogens with one attached hydrogen (secondary N) is 1. The first-order valence-electron chi connectivity index (χ1n) is 9.30. The smallest absolute Gasteiger partial charge is 0.251 e. The van der Waals surface area contributed by atoms with E-state index in [9.17, 15) is 4.79 Å². The number of ether oxygens (including phenoxy) is 1. The van der Waals surface area contributed by atoms with Gasteiger partial charge >= 0.3 is 0 Å². The van der Waals surface area contributed by atoms with Gasteiger partial charge in [-0.1, -0.05) is 42.1 Å². The molecule has 0 fully saturated rings. The van der Waals surface area contributed by atoms with Gasteiger partial charge in [0, 0.05) is 34.9 Å². The Bertz CT molecular complexity index is 953. The highest BCUT2D eigenvalue weighted by molar-refractivity contribution is 8.00. The molecule has 1 N–H and O–H groups in total. The van der Waals surface area contributed by atoms with Crippen molar-refractivity contribution in [2.75, 3.05) is 13.2 Å². The van der Waals surface area contributed by atoms with Gasteiger partial charge in [-0.15, -0.1) is 11.3 Å². The lowest BCUT2D eigenvalue weighted by atomic mass is 9.96. The molecule has 2 aromatic carbocycles. The van der Waals surface area contributed by atoms with E-state index >= 15 is 0 Å². The predicted octanol–water partition coefficient (Wildman–Crippen LogP) is 4.72. The van der Waals surface area contributed by atoms with Gasteiger partial charge in [0.2, 0.25) is 0 Å². The number of thiazole rings is 1. The molecule has 2 heterocycles. The van der Waals surface area contributed by atoms with Crippen LogP contribution < -0.4 is 10.1 Å². The second-order valence-corrected chi connectivity index (χ2v) is 9.02. The van der Waals surface area contributed by atoms with Crippen LogP contribution in [0.1, 0.15) is 27.2 Å². The molecule has 0 radical (unpaired) electrons. The number of benzene rings is 2. The zero-order chi connectivity index (χ0) is 19.3. The molecule has 4 nitrogen and oxygen atoms in total. The molecule has 6 heteroatoms. The van der Waals surface area contributed by atoms with Gasteiger partial charge in [0.25, 0.3) is 5.91 Å². The van der Waals surface area contributed by atoms with Crippen molar-refractivity contribution in [2.24, 2.45) is 5.92 Å². The van der Waals surface area contributed by atoms with E-state index in [1.807, 2.05) is 49.4 Å². The van der Waals surface area contributed by atoms with Crippen LogP contribution >= 0.6 is 23.1 Å². The molecule has 0 spiro atoms. The number of fused-ring (bicyclic) bond motifs is 1. The molecule has 1 unspecified atom stereocenters. The molecule has 1 atom stereocenters. The fourth-order valence-corrected chi connectivity index (χ4v) is 4.96. The average molecular weight is 411 g/mol. The van der Waals surface area contributed by atoms with Crippen LogP contribution in [0, 0.1) is 12.8 Å². The largest absolute Gasteiger partial charge is 0.493 e. The molecule has 3 aromatic rings. The van der Waals surface area contributed by atoms with E-state index in [2.05, 4.69) is 21.7 Å². The molecular weight excluding hydrogens is 388 g/mol. The number of rotatable bonds is 6. The van der Waals surface area contributed by atoms with Crippen molar-refractivity contribution in [3.05, 3.63) is 76.3 Å². The highest BCUT2D eigenvalue weighted by Crippen LogP contribution is 2.27. The number of para-hydroxylation sites is 1. The van der Waals surface area contributed by atoms with E-state index in [0.717, 1.165) is 28.0 Å². The maximum atomic E-state index is 12.5. The summed E-state index contributed by atoms with van der Waals surface area (Å²) in [5.74, 6) is 2.09. The Morgan fingerprint density at radius 2 is 2.07 bits per heavy atom. The van der Waals surface area contributed by atoms with Crippen LogP contribution in [0.25, 0.3) is 0 Å². The van der Waals surface area contributed by atoms with Gasteiger partial charge in [-0.05, 0) is 42.7 Å². The van der Waals surface area contributed by atoms with Crippen LogP contribution in [0.3, 0.4) is 0 Å². The minimum atomic E-state index is -0.0337.